The minimum absolute atomic E-state index is 0.228. The van der Waals surface area contributed by atoms with E-state index in [4.69, 9.17) is 15.2 Å². The predicted molar refractivity (Wildman–Crippen MR) is 97.1 cm³/mol. The second-order valence-corrected chi connectivity index (χ2v) is 7.23. The highest BCUT2D eigenvalue weighted by atomic mass is 16.6. The molecule has 1 aromatic carbocycles. The Bertz CT molecular complexity index is 964. The van der Waals surface area contributed by atoms with Gasteiger partial charge >= 0.3 is 0 Å². The van der Waals surface area contributed by atoms with Gasteiger partial charge in [-0.1, -0.05) is 0 Å². The number of nitrogens with two attached hydrogens (primary N) is 1. The van der Waals surface area contributed by atoms with Crippen molar-refractivity contribution in [1.82, 2.24) is 10.3 Å². The summed E-state index contributed by atoms with van der Waals surface area (Å²) >= 11 is 0. The van der Waals surface area contributed by atoms with Crippen LogP contribution in [0.15, 0.2) is 12.1 Å². The topological polar surface area (TPSA) is 93.2 Å². The smallest absolute Gasteiger partial charge is 0.161 e. The van der Waals surface area contributed by atoms with Crippen LogP contribution >= 0.6 is 0 Å². The molecule has 132 valence electrons. The first kappa shape index (κ1) is 15.5. The van der Waals surface area contributed by atoms with E-state index in [-0.39, 0.29) is 6.04 Å². The number of ether oxygens (including phenoxy) is 2. The van der Waals surface area contributed by atoms with Crippen molar-refractivity contribution in [3.63, 3.8) is 0 Å². The van der Waals surface area contributed by atoms with Crippen LogP contribution in [0.1, 0.15) is 41.3 Å². The standard InChI is InChI=1S/C20H20N4O2/c1-10-6-16-17(26-5-4-25-16)8-12(10)18-13(9-21)20(22)24-15-7-11-2-3-14(23-11)19(15)18/h6,8,11,14,23H,2-5,7H2,1H3,(H2,22,24)/t11-,14+/m0/s1. The van der Waals surface area contributed by atoms with Gasteiger partial charge in [-0.3, -0.25) is 0 Å². The van der Waals surface area contributed by atoms with Crippen LogP contribution in [0.2, 0.25) is 0 Å². The van der Waals surface area contributed by atoms with Crippen molar-refractivity contribution in [2.24, 2.45) is 0 Å². The third kappa shape index (κ3) is 2.17. The summed E-state index contributed by atoms with van der Waals surface area (Å²) in [5.41, 5.74) is 11.7. The van der Waals surface area contributed by atoms with E-state index < -0.39 is 0 Å². The average Bonchev–Trinajstić information content (AvgIpc) is 3.02. The Hall–Kier alpha value is -2.78. The van der Waals surface area contributed by atoms with Gasteiger partial charge in [0, 0.05) is 29.8 Å². The molecule has 1 aromatic heterocycles. The highest BCUT2D eigenvalue weighted by molar-refractivity contribution is 5.83. The first-order valence-electron chi connectivity index (χ1n) is 9.04. The van der Waals surface area contributed by atoms with E-state index in [0.29, 0.717) is 30.6 Å². The molecule has 6 nitrogen and oxygen atoms in total. The maximum absolute atomic E-state index is 9.81. The molecular weight excluding hydrogens is 328 g/mol. The minimum atomic E-state index is 0.228. The quantitative estimate of drug-likeness (QED) is 0.823. The third-order valence-corrected chi connectivity index (χ3v) is 5.64. The molecule has 2 aromatic rings. The Morgan fingerprint density at radius 3 is 2.77 bits per heavy atom. The highest BCUT2D eigenvalue weighted by Gasteiger charge is 2.37. The number of nitrogens with one attached hydrogen (secondary N) is 1. The van der Waals surface area contributed by atoms with E-state index >= 15 is 0 Å². The van der Waals surface area contributed by atoms with E-state index in [1.54, 1.807) is 0 Å². The Morgan fingerprint density at radius 2 is 2.00 bits per heavy atom. The van der Waals surface area contributed by atoms with Crippen LogP contribution in [0.25, 0.3) is 11.1 Å². The number of anilines is 1. The summed E-state index contributed by atoms with van der Waals surface area (Å²) in [5, 5.41) is 13.5. The molecule has 4 heterocycles. The highest BCUT2D eigenvalue weighted by Crippen LogP contribution is 2.46. The number of hydrogen-bond donors (Lipinski definition) is 2. The number of nitrogens with zero attached hydrogens (tertiary/aromatic N) is 2. The summed E-state index contributed by atoms with van der Waals surface area (Å²) in [6.07, 6.45) is 3.05. The van der Waals surface area contributed by atoms with Gasteiger partial charge in [0.2, 0.25) is 0 Å². The van der Waals surface area contributed by atoms with E-state index in [2.05, 4.69) is 16.4 Å². The molecule has 2 atom stereocenters. The van der Waals surface area contributed by atoms with Gasteiger partial charge in [-0.05, 0) is 48.6 Å². The second-order valence-electron chi connectivity index (χ2n) is 7.23. The van der Waals surface area contributed by atoms with Crippen LogP contribution in [0.5, 0.6) is 11.5 Å². The molecule has 1 fully saturated rings. The van der Waals surface area contributed by atoms with Crippen LogP contribution < -0.4 is 20.5 Å². The largest absolute Gasteiger partial charge is 0.486 e. The van der Waals surface area contributed by atoms with Crippen molar-refractivity contribution in [3.05, 3.63) is 34.5 Å². The third-order valence-electron chi connectivity index (χ3n) is 5.64. The molecule has 0 saturated carbocycles. The summed E-state index contributed by atoms with van der Waals surface area (Å²) < 4.78 is 11.5. The van der Waals surface area contributed by atoms with E-state index in [9.17, 15) is 5.26 Å². The molecule has 6 heteroatoms. The SMILES string of the molecule is Cc1cc2c(cc1-c1c(C#N)c(N)nc3c1[C@H]1CC[C@@H](C3)N1)OCCO2. The molecule has 0 radical (unpaired) electrons. The molecule has 0 spiro atoms. The zero-order valence-corrected chi connectivity index (χ0v) is 14.6. The number of benzene rings is 1. The van der Waals surface area contributed by atoms with E-state index in [1.807, 2.05) is 19.1 Å². The summed E-state index contributed by atoms with van der Waals surface area (Å²) in [4.78, 5) is 4.59. The lowest BCUT2D eigenvalue weighted by Crippen LogP contribution is -2.33. The molecule has 0 unspecified atom stereocenters. The predicted octanol–water partition coefficient (Wildman–Crippen LogP) is 2.63. The fourth-order valence-corrected chi connectivity index (χ4v) is 4.49. The van der Waals surface area contributed by atoms with Gasteiger partial charge in [0.1, 0.15) is 30.7 Å². The fourth-order valence-electron chi connectivity index (χ4n) is 4.49. The first-order valence-corrected chi connectivity index (χ1v) is 9.04. The molecule has 0 amide bonds. The maximum atomic E-state index is 9.81. The molecular formula is C20H20N4O2. The zero-order valence-electron chi connectivity index (χ0n) is 14.6. The Labute approximate surface area is 151 Å². The number of nitrogen functional groups attached to an aromatic ring is 1. The van der Waals surface area contributed by atoms with Gasteiger partial charge in [-0.2, -0.15) is 5.26 Å². The lowest BCUT2D eigenvalue weighted by atomic mass is 9.86. The normalized spacial score (nSPS) is 22.6. The van der Waals surface area contributed by atoms with Gasteiger partial charge in [0.05, 0.1) is 0 Å². The first-order chi connectivity index (χ1) is 12.7. The number of fused-ring (bicyclic) bond motifs is 5. The number of aryl methyl sites for hydroxylation is 1. The second kappa shape index (κ2) is 5.61. The van der Waals surface area contributed by atoms with Gasteiger partial charge in [-0.25, -0.2) is 4.98 Å². The minimum Gasteiger partial charge on any atom is -0.486 e. The molecule has 0 aliphatic carbocycles. The molecule has 2 bridgehead atoms. The Kier molecular flexibility index (Phi) is 3.34. The number of rotatable bonds is 1. The maximum Gasteiger partial charge on any atom is 0.161 e. The van der Waals surface area contributed by atoms with Crippen molar-refractivity contribution in [1.29, 1.82) is 5.26 Å². The van der Waals surface area contributed by atoms with Gasteiger partial charge < -0.3 is 20.5 Å². The summed E-state index contributed by atoms with van der Waals surface area (Å²) in [7, 11) is 0. The van der Waals surface area contributed by atoms with Gasteiger partial charge in [0.25, 0.3) is 0 Å². The van der Waals surface area contributed by atoms with Crippen molar-refractivity contribution in [3.8, 4) is 28.7 Å². The van der Waals surface area contributed by atoms with Crippen LogP contribution in [0, 0.1) is 18.3 Å². The number of hydrogen-bond acceptors (Lipinski definition) is 6. The molecule has 3 N–H and O–H groups in total. The number of pyridine rings is 1. The summed E-state index contributed by atoms with van der Waals surface area (Å²) in [6.45, 7) is 3.12. The van der Waals surface area contributed by atoms with Crippen molar-refractivity contribution >= 4 is 5.82 Å². The number of aromatic nitrogens is 1. The van der Waals surface area contributed by atoms with E-state index in [1.165, 1.54) is 0 Å². The van der Waals surface area contributed by atoms with Crippen molar-refractivity contribution in [2.75, 3.05) is 18.9 Å². The Morgan fingerprint density at radius 1 is 1.23 bits per heavy atom. The summed E-state index contributed by atoms with van der Waals surface area (Å²) in [6, 6.07) is 6.95. The van der Waals surface area contributed by atoms with Crippen LogP contribution in [0.3, 0.4) is 0 Å². The average molecular weight is 348 g/mol. The molecule has 3 aliphatic heterocycles. The van der Waals surface area contributed by atoms with Gasteiger partial charge in [-0.15, -0.1) is 0 Å². The lowest BCUT2D eigenvalue weighted by molar-refractivity contribution is 0.171. The van der Waals surface area contributed by atoms with Crippen LogP contribution in [-0.4, -0.2) is 24.2 Å². The summed E-state index contributed by atoms with van der Waals surface area (Å²) in [5.74, 6) is 1.79. The van der Waals surface area contributed by atoms with Crippen molar-refractivity contribution in [2.45, 2.75) is 38.3 Å². The lowest BCUT2D eigenvalue weighted by Gasteiger charge is -2.29. The van der Waals surface area contributed by atoms with Crippen LogP contribution in [-0.2, 0) is 6.42 Å². The van der Waals surface area contributed by atoms with Gasteiger partial charge in [0.15, 0.2) is 11.5 Å². The molecule has 3 aliphatic rings. The number of nitriles is 1. The zero-order chi connectivity index (χ0) is 17.8. The molecule has 5 rings (SSSR count). The molecule has 26 heavy (non-hydrogen) atoms. The molecule has 1 saturated heterocycles. The van der Waals surface area contributed by atoms with Crippen LogP contribution in [0.4, 0.5) is 5.82 Å². The van der Waals surface area contributed by atoms with Crippen molar-refractivity contribution < 1.29 is 9.47 Å². The monoisotopic (exact) mass is 348 g/mol. The fraction of sp³-hybridized carbons (Fsp3) is 0.400. The Balaban J connectivity index is 1.80. The van der Waals surface area contributed by atoms with E-state index in [0.717, 1.165) is 58.7 Å².